The molecule has 0 spiro atoms. The monoisotopic (exact) mass is 453 g/mol. The van der Waals surface area contributed by atoms with Crippen LogP contribution in [-0.4, -0.2) is 56.0 Å². The highest BCUT2D eigenvalue weighted by Gasteiger charge is 2.35. The fourth-order valence-corrected chi connectivity index (χ4v) is 3.62. The van der Waals surface area contributed by atoms with E-state index in [1.54, 1.807) is 24.3 Å². The summed E-state index contributed by atoms with van der Waals surface area (Å²) in [7, 11) is 2.77. The molecule has 0 radical (unpaired) electrons. The van der Waals surface area contributed by atoms with E-state index in [4.69, 9.17) is 9.47 Å². The molecule has 0 aliphatic carbocycles. The van der Waals surface area contributed by atoms with Gasteiger partial charge in [-0.1, -0.05) is 42.5 Å². The Morgan fingerprint density at radius 3 is 2.30 bits per heavy atom. The van der Waals surface area contributed by atoms with E-state index in [2.05, 4.69) is 16.0 Å². The van der Waals surface area contributed by atoms with E-state index < -0.39 is 35.9 Å². The molecule has 1 aliphatic heterocycles. The van der Waals surface area contributed by atoms with Crippen LogP contribution >= 0.6 is 0 Å². The number of carbonyl (C=O) groups is 4. The van der Waals surface area contributed by atoms with Crippen LogP contribution in [-0.2, 0) is 36.8 Å². The van der Waals surface area contributed by atoms with Gasteiger partial charge in [0.2, 0.25) is 17.7 Å². The van der Waals surface area contributed by atoms with Crippen molar-refractivity contribution in [2.45, 2.75) is 37.4 Å². The molecular formula is C24H27N3O6. The van der Waals surface area contributed by atoms with E-state index in [0.29, 0.717) is 12.2 Å². The number of esters is 1. The average Bonchev–Trinajstić information content (AvgIpc) is 2.82. The van der Waals surface area contributed by atoms with Crippen molar-refractivity contribution in [3.63, 3.8) is 0 Å². The molecule has 1 heterocycles. The van der Waals surface area contributed by atoms with Crippen LogP contribution in [0.25, 0.3) is 0 Å². The number of rotatable bonds is 9. The molecule has 3 rings (SSSR count). The first-order chi connectivity index (χ1) is 15.9. The molecule has 0 aromatic heterocycles. The van der Waals surface area contributed by atoms with E-state index in [-0.39, 0.29) is 18.7 Å². The molecule has 0 bridgehead atoms. The number of piperazine rings is 1. The minimum atomic E-state index is -1.03. The lowest BCUT2D eigenvalue weighted by Crippen LogP contribution is -2.63. The van der Waals surface area contributed by atoms with Crippen molar-refractivity contribution in [2.24, 2.45) is 0 Å². The topological polar surface area (TPSA) is 123 Å². The summed E-state index contributed by atoms with van der Waals surface area (Å²) in [4.78, 5) is 49.8. The lowest BCUT2D eigenvalue weighted by atomic mass is 10.0. The van der Waals surface area contributed by atoms with E-state index in [0.717, 1.165) is 11.1 Å². The summed E-state index contributed by atoms with van der Waals surface area (Å²) >= 11 is 0. The van der Waals surface area contributed by atoms with Crippen molar-refractivity contribution in [3.8, 4) is 5.75 Å². The standard InChI is InChI=1S/C24H27N3O6/c1-32-17-10-6-9-16(11-17)13-20(24(31)33-2)25-21(28)14-19-23(30)26-18(22(29)27-19)12-15-7-4-3-5-8-15/h3-11,18-20H,12-14H2,1-2H3,(H,25,28)(H,26,30)(H,27,29)/t18-,19-,20+/m0/s1. The van der Waals surface area contributed by atoms with Crippen LogP contribution in [0.1, 0.15) is 17.5 Å². The van der Waals surface area contributed by atoms with Crippen molar-refractivity contribution in [2.75, 3.05) is 14.2 Å². The highest BCUT2D eigenvalue weighted by atomic mass is 16.5. The Labute approximate surface area is 191 Å². The van der Waals surface area contributed by atoms with Gasteiger partial charge in [0.1, 0.15) is 23.9 Å². The number of benzene rings is 2. The van der Waals surface area contributed by atoms with Crippen LogP contribution in [0, 0.1) is 0 Å². The largest absolute Gasteiger partial charge is 0.497 e. The smallest absolute Gasteiger partial charge is 0.328 e. The number of nitrogens with one attached hydrogen (secondary N) is 3. The molecule has 1 saturated heterocycles. The van der Waals surface area contributed by atoms with E-state index >= 15 is 0 Å². The number of hydrogen-bond donors (Lipinski definition) is 3. The van der Waals surface area contributed by atoms with Gasteiger partial charge in [-0.15, -0.1) is 0 Å². The van der Waals surface area contributed by atoms with Crippen LogP contribution < -0.4 is 20.7 Å². The Bertz CT molecular complexity index is 1010. The van der Waals surface area contributed by atoms with Crippen molar-refractivity contribution in [1.29, 1.82) is 0 Å². The fraction of sp³-hybridized carbons (Fsp3) is 0.333. The minimum Gasteiger partial charge on any atom is -0.497 e. The Hall–Kier alpha value is -3.88. The summed E-state index contributed by atoms with van der Waals surface area (Å²) in [6, 6.07) is 13.7. The second kappa shape index (κ2) is 11.1. The molecule has 3 atom stereocenters. The molecule has 3 N–H and O–H groups in total. The lowest BCUT2D eigenvalue weighted by molar-refractivity contribution is -0.145. The maximum Gasteiger partial charge on any atom is 0.328 e. The number of hydrogen-bond acceptors (Lipinski definition) is 6. The van der Waals surface area contributed by atoms with Gasteiger partial charge in [-0.3, -0.25) is 14.4 Å². The number of carbonyl (C=O) groups excluding carboxylic acids is 4. The maximum absolute atomic E-state index is 12.6. The van der Waals surface area contributed by atoms with Crippen molar-refractivity contribution >= 4 is 23.7 Å². The van der Waals surface area contributed by atoms with E-state index in [9.17, 15) is 19.2 Å². The number of methoxy groups -OCH3 is 2. The summed E-state index contributed by atoms with van der Waals surface area (Å²) in [5.41, 5.74) is 1.67. The summed E-state index contributed by atoms with van der Waals surface area (Å²) in [6.45, 7) is 0. The van der Waals surface area contributed by atoms with Gasteiger partial charge in [0.25, 0.3) is 0 Å². The summed E-state index contributed by atoms with van der Waals surface area (Å²) in [5.74, 6) is -1.37. The molecule has 2 aromatic rings. The van der Waals surface area contributed by atoms with E-state index in [1.165, 1.54) is 14.2 Å². The Kier molecular flexibility index (Phi) is 8.01. The quantitative estimate of drug-likeness (QED) is 0.476. The summed E-state index contributed by atoms with van der Waals surface area (Å²) < 4.78 is 9.99. The maximum atomic E-state index is 12.6. The second-order valence-corrected chi connectivity index (χ2v) is 7.72. The summed E-state index contributed by atoms with van der Waals surface area (Å²) in [6.07, 6.45) is 0.224. The third kappa shape index (κ3) is 6.55. The molecule has 9 nitrogen and oxygen atoms in total. The van der Waals surface area contributed by atoms with Gasteiger partial charge in [0.15, 0.2) is 0 Å². The lowest BCUT2D eigenvalue weighted by Gasteiger charge is -2.29. The predicted octanol–water partition coefficient (Wildman–Crippen LogP) is 0.512. The van der Waals surface area contributed by atoms with Crippen molar-refractivity contribution in [1.82, 2.24) is 16.0 Å². The van der Waals surface area contributed by atoms with Gasteiger partial charge < -0.3 is 25.4 Å². The third-order valence-corrected chi connectivity index (χ3v) is 5.33. The molecule has 33 heavy (non-hydrogen) atoms. The number of ether oxygens (including phenoxy) is 2. The molecule has 2 aromatic carbocycles. The van der Waals surface area contributed by atoms with Gasteiger partial charge in [0.05, 0.1) is 20.6 Å². The first kappa shape index (κ1) is 23.8. The third-order valence-electron chi connectivity index (χ3n) is 5.33. The zero-order valence-corrected chi connectivity index (χ0v) is 18.5. The zero-order chi connectivity index (χ0) is 23.8. The van der Waals surface area contributed by atoms with Crippen LogP contribution in [0.15, 0.2) is 54.6 Å². The first-order valence-electron chi connectivity index (χ1n) is 10.5. The van der Waals surface area contributed by atoms with Gasteiger partial charge in [-0.05, 0) is 23.3 Å². The molecule has 9 heteroatoms. The average molecular weight is 453 g/mol. The normalized spacial score (nSPS) is 18.5. The van der Waals surface area contributed by atoms with Gasteiger partial charge in [0, 0.05) is 12.8 Å². The second-order valence-electron chi connectivity index (χ2n) is 7.72. The Balaban J connectivity index is 1.59. The molecule has 1 fully saturated rings. The molecule has 0 saturated carbocycles. The van der Waals surface area contributed by atoms with Crippen LogP contribution in [0.5, 0.6) is 5.75 Å². The van der Waals surface area contributed by atoms with E-state index in [1.807, 2.05) is 30.3 Å². The Morgan fingerprint density at radius 2 is 1.61 bits per heavy atom. The van der Waals surface area contributed by atoms with Crippen LogP contribution in [0.3, 0.4) is 0 Å². The highest BCUT2D eigenvalue weighted by molar-refractivity contribution is 5.99. The van der Waals surface area contributed by atoms with Gasteiger partial charge in [-0.2, -0.15) is 0 Å². The minimum absolute atomic E-state index is 0.179. The molecular weight excluding hydrogens is 426 g/mol. The molecule has 3 amide bonds. The molecule has 0 unspecified atom stereocenters. The van der Waals surface area contributed by atoms with Crippen molar-refractivity contribution < 1.29 is 28.7 Å². The first-order valence-corrected chi connectivity index (χ1v) is 10.5. The van der Waals surface area contributed by atoms with Crippen molar-refractivity contribution in [3.05, 3.63) is 65.7 Å². The molecule has 1 aliphatic rings. The Morgan fingerprint density at radius 1 is 0.939 bits per heavy atom. The van der Waals surface area contributed by atoms with Crippen LogP contribution in [0.4, 0.5) is 0 Å². The fourth-order valence-electron chi connectivity index (χ4n) is 3.62. The van der Waals surface area contributed by atoms with Gasteiger partial charge >= 0.3 is 5.97 Å². The highest BCUT2D eigenvalue weighted by Crippen LogP contribution is 2.15. The predicted molar refractivity (Wildman–Crippen MR) is 119 cm³/mol. The summed E-state index contributed by atoms with van der Waals surface area (Å²) in [5, 5.41) is 7.88. The van der Waals surface area contributed by atoms with Crippen LogP contribution in [0.2, 0.25) is 0 Å². The molecule has 174 valence electrons. The number of amides is 3. The van der Waals surface area contributed by atoms with Gasteiger partial charge in [-0.25, -0.2) is 4.79 Å². The zero-order valence-electron chi connectivity index (χ0n) is 18.5. The SMILES string of the molecule is COC(=O)[C@@H](Cc1cccc(OC)c1)NC(=O)C[C@@H]1NC(=O)[C@H](Cc2ccccc2)NC1=O.